The number of halogens is 1. The number of hydrazone groups is 1. The number of nitrogens with zero attached hydrogens (tertiary/aromatic N) is 1. The Balaban J connectivity index is 1.61. The quantitative estimate of drug-likeness (QED) is 0.348. The predicted molar refractivity (Wildman–Crippen MR) is 126 cm³/mol. The highest BCUT2D eigenvalue weighted by Gasteiger charge is 2.11. The van der Waals surface area contributed by atoms with Crippen LogP contribution in [-0.4, -0.2) is 38.4 Å². The lowest BCUT2D eigenvalue weighted by Crippen LogP contribution is -2.21. The van der Waals surface area contributed by atoms with Crippen molar-refractivity contribution >= 4 is 23.7 Å². The van der Waals surface area contributed by atoms with Gasteiger partial charge in [0, 0.05) is 5.56 Å². The normalized spacial score (nSPS) is 10.6. The minimum Gasteiger partial charge on any atom is -0.497 e. The van der Waals surface area contributed by atoms with Crippen molar-refractivity contribution in [3.05, 3.63) is 83.7 Å². The van der Waals surface area contributed by atoms with E-state index in [0.717, 1.165) is 0 Å². The fourth-order valence-corrected chi connectivity index (χ4v) is 2.88. The first kappa shape index (κ1) is 24.2. The van der Waals surface area contributed by atoms with Crippen molar-refractivity contribution in [2.45, 2.75) is 6.92 Å². The number of para-hydroxylation sites is 1. The minimum absolute atomic E-state index is 0.0729. The molecular formula is C25H24FN3O5. The number of amides is 2. The maximum absolute atomic E-state index is 13.7. The number of nitrogens with one attached hydrogen (secondary N) is 2. The summed E-state index contributed by atoms with van der Waals surface area (Å²) in [6.07, 6.45) is 1.45. The molecular weight excluding hydrogens is 441 g/mol. The van der Waals surface area contributed by atoms with Crippen LogP contribution in [0.4, 0.5) is 10.1 Å². The molecule has 2 N–H and O–H groups in total. The third-order valence-electron chi connectivity index (χ3n) is 4.49. The van der Waals surface area contributed by atoms with Gasteiger partial charge in [-0.25, -0.2) is 9.82 Å². The largest absolute Gasteiger partial charge is 0.497 e. The molecule has 0 saturated heterocycles. The molecule has 0 aliphatic rings. The second-order valence-corrected chi connectivity index (χ2v) is 6.89. The maximum atomic E-state index is 13.7. The molecule has 0 heterocycles. The van der Waals surface area contributed by atoms with Crippen LogP contribution in [0.25, 0.3) is 0 Å². The molecule has 0 aliphatic heterocycles. The first-order valence-electron chi connectivity index (χ1n) is 10.4. The van der Waals surface area contributed by atoms with Crippen LogP contribution in [0.3, 0.4) is 0 Å². The van der Waals surface area contributed by atoms with Gasteiger partial charge in [-0.1, -0.05) is 18.2 Å². The van der Waals surface area contributed by atoms with Gasteiger partial charge in [0.05, 0.1) is 25.6 Å². The molecule has 0 unspecified atom stereocenters. The van der Waals surface area contributed by atoms with Crippen LogP contribution in [0.15, 0.2) is 71.8 Å². The standard InChI is InChI=1S/C25H24FN3O5/c1-3-33-23-13-17(15-27-29-25(31)18-7-6-8-19(14-18)32-2)11-12-22(23)34-16-24(30)28-21-10-5-4-9-20(21)26/h4-15H,3,16H2,1-2H3,(H,28,30)(H,29,31)/b27-15+. The average molecular weight is 465 g/mol. The Morgan fingerprint density at radius 3 is 2.59 bits per heavy atom. The number of carbonyl (C=O) groups is 2. The predicted octanol–water partition coefficient (Wildman–Crippen LogP) is 4.01. The molecule has 176 valence electrons. The van der Waals surface area contributed by atoms with Crippen molar-refractivity contribution in [1.29, 1.82) is 0 Å². The molecule has 9 heteroatoms. The van der Waals surface area contributed by atoms with Crippen molar-refractivity contribution in [3.8, 4) is 17.2 Å². The summed E-state index contributed by atoms with van der Waals surface area (Å²) < 4.78 is 29.9. The minimum atomic E-state index is -0.534. The fourth-order valence-electron chi connectivity index (χ4n) is 2.88. The summed E-state index contributed by atoms with van der Waals surface area (Å²) in [5, 5.41) is 6.43. The molecule has 0 fully saturated rings. The summed E-state index contributed by atoms with van der Waals surface area (Å²) in [6, 6.07) is 17.5. The zero-order chi connectivity index (χ0) is 24.3. The number of ether oxygens (including phenoxy) is 3. The monoisotopic (exact) mass is 465 g/mol. The molecule has 0 radical (unpaired) electrons. The van der Waals surface area contributed by atoms with E-state index in [-0.39, 0.29) is 18.2 Å². The van der Waals surface area contributed by atoms with Gasteiger partial charge < -0.3 is 19.5 Å². The number of rotatable bonds is 10. The van der Waals surface area contributed by atoms with Crippen molar-refractivity contribution in [2.24, 2.45) is 5.10 Å². The maximum Gasteiger partial charge on any atom is 0.271 e. The number of hydrogen-bond acceptors (Lipinski definition) is 6. The van der Waals surface area contributed by atoms with Gasteiger partial charge in [0.25, 0.3) is 11.8 Å². The van der Waals surface area contributed by atoms with E-state index in [2.05, 4.69) is 15.8 Å². The van der Waals surface area contributed by atoms with Crippen molar-refractivity contribution < 1.29 is 28.2 Å². The van der Waals surface area contributed by atoms with Crippen LogP contribution in [0.1, 0.15) is 22.8 Å². The highest BCUT2D eigenvalue weighted by atomic mass is 19.1. The van der Waals surface area contributed by atoms with Crippen LogP contribution in [-0.2, 0) is 4.79 Å². The zero-order valence-corrected chi connectivity index (χ0v) is 18.7. The first-order chi connectivity index (χ1) is 16.5. The van der Waals surface area contributed by atoms with Gasteiger partial charge in [0.2, 0.25) is 0 Å². The van der Waals surface area contributed by atoms with Gasteiger partial charge in [0.15, 0.2) is 18.1 Å². The van der Waals surface area contributed by atoms with E-state index in [1.807, 2.05) is 6.92 Å². The van der Waals surface area contributed by atoms with E-state index < -0.39 is 11.7 Å². The Hall–Kier alpha value is -4.40. The molecule has 34 heavy (non-hydrogen) atoms. The summed E-state index contributed by atoms with van der Waals surface area (Å²) in [4.78, 5) is 24.4. The summed E-state index contributed by atoms with van der Waals surface area (Å²) in [5.74, 6) is -0.143. The van der Waals surface area contributed by atoms with E-state index >= 15 is 0 Å². The molecule has 8 nitrogen and oxygen atoms in total. The highest BCUT2D eigenvalue weighted by Crippen LogP contribution is 2.28. The third kappa shape index (κ3) is 6.80. The Morgan fingerprint density at radius 2 is 1.82 bits per heavy atom. The molecule has 0 spiro atoms. The lowest BCUT2D eigenvalue weighted by Gasteiger charge is -2.13. The average Bonchev–Trinajstić information content (AvgIpc) is 2.85. The molecule has 3 aromatic rings. The van der Waals surface area contributed by atoms with E-state index in [4.69, 9.17) is 14.2 Å². The van der Waals surface area contributed by atoms with Gasteiger partial charge in [-0.15, -0.1) is 0 Å². The molecule has 2 amide bonds. The third-order valence-corrected chi connectivity index (χ3v) is 4.49. The summed E-state index contributed by atoms with van der Waals surface area (Å²) in [6.45, 7) is 1.84. The lowest BCUT2D eigenvalue weighted by atomic mass is 10.2. The Bertz CT molecular complexity index is 1180. The van der Waals surface area contributed by atoms with Crippen molar-refractivity contribution in [2.75, 3.05) is 25.6 Å². The van der Waals surface area contributed by atoms with Gasteiger partial charge >= 0.3 is 0 Å². The van der Waals surface area contributed by atoms with Crippen LogP contribution >= 0.6 is 0 Å². The SMILES string of the molecule is CCOc1cc(/C=N/NC(=O)c2cccc(OC)c2)ccc1OCC(=O)Nc1ccccc1F. The molecule has 0 saturated carbocycles. The first-order valence-corrected chi connectivity index (χ1v) is 10.4. The Morgan fingerprint density at radius 1 is 1.00 bits per heavy atom. The van der Waals surface area contributed by atoms with E-state index in [9.17, 15) is 14.0 Å². The molecule has 3 rings (SSSR count). The summed E-state index contributed by atoms with van der Waals surface area (Å²) in [5.41, 5.74) is 3.57. The fraction of sp³-hybridized carbons (Fsp3) is 0.160. The van der Waals surface area contributed by atoms with Gasteiger partial charge in [-0.05, 0) is 61.0 Å². The molecule has 0 aliphatic carbocycles. The molecule has 0 atom stereocenters. The lowest BCUT2D eigenvalue weighted by molar-refractivity contribution is -0.118. The van der Waals surface area contributed by atoms with Crippen LogP contribution < -0.4 is 25.0 Å². The van der Waals surface area contributed by atoms with Crippen LogP contribution in [0, 0.1) is 5.82 Å². The van der Waals surface area contributed by atoms with E-state index in [1.54, 1.807) is 48.5 Å². The van der Waals surface area contributed by atoms with Crippen LogP contribution in [0.5, 0.6) is 17.2 Å². The van der Waals surface area contributed by atoms with Crippen LogP contribution in [0.2, 0.25) is 0 Å². The van der Waals surface area contributed by atoms with E-state index in [1.165, 1.54) is 31.5 Å². The zero-order valence-electron chi connectivity index (χ0n) is 18.7. The number of methoxy groups -OCH3 is 1. The van der Waals surface area contributed by atoms with Gasteiger partial charge in [-0.3, -0.25) is 9.59 Å². The van der Waals surface area contributed by atoms with Crippen molar-refractivity contribution in [1.82, 2.24) is 5.43 Å². The number of carbonyl (C=O) groups excluding carboxylic acids is 2. The molecule has 0 bridgehead atoms. The smallest absolute Gasteiger partial charge is 0.271 e. The molecule has 3 aromatic carbocycles. The van der Waals surface area contributed by atoms with Gasteiger partial charge in [-0.2, -0.15) is 5.10 Å². The second kappa shape index (κ2) is 12.0. The second-order valence-electron chi connectivity index (χ2n) is 6.89. The Kier molecular flexibility index (Phi) is 8.56. The van der Waals surface area contributed by atoms with Crippen molar-refractivity contribution in [3.63, 3.8) is 0 Å². The van der Waals surface area contributed by atoms with E-state index in [0.29, 0.717) is 35.0 Å². The number of anilines is 1. The summed E-state index contributed by atoms with van der Waals surface area (Å²) in [7, 11) is 1.52. The van der Waals surface area contributed by atoms with Gasteiger partial charge in [0.1, 0.15) is 11.6 Å². The Labute approximate surface area is 196 Å². The summed E-state index contributed by atoms with van der Waals surface area (Å²) >= 11 is 0. The highest BCUT2D eigenvalue weighted by molar-refractivity contribution is 5.95. The number of benzene rings is 3. The molecule has 0 aromatic heterocycles. The topological polar surface area (TPSA) is 98.2 Å². The number of hydrogen-bond donors (Lipinski definition) is 2.